The number of nitriles is 1. The first-order valence-electron chi connectivity index (χ1n) is 22.1. The fraction of sp³-hybridized carbons (Fsp3) is 0.478. The number of hydrogen-bond donors (Lipinski definition) is 2. The number of amides is 3. The number of nitrogens with zero attached hydrogens (tertiary/aromatic N) is 8. The Kier molecular flexibility index (Phi) is 11.3. The number of rotatable bonds is 10. The van der Waals surface area contributed by atoms with Gasteiger partial charge in [0.25, 0.3) is 0 Å². The van der Waals surface area contributed by atoms with Gasteiger partial charge < -0.3 is 14.4 Å². The predicted molar refractivity (Wildman–Crippen MR) is 236 cm³/mol. The lowest BCUT2D eigenvalue weighted by Crippen LogP contribution is -2.50. The number of benzene rings is 3. The van der Waals surface area contributed by atoms with Crippen molar-refractivity contribution in [2.24, 2.45) is 12.5 Å². The lowest BCUT2D eigenvalue weighted by Gasteiger charge is -2.53. The molecule has 5 aromatic rings. The molecule has 3 aromatic carbocycles. The second-order valence-electron chi connectivity index (χ2n) is 18.1. The average molecular weight is 893 g/mol. The van der Waals surface area contributed by atoms with Gasteiger partial charge >= 0.3 is 6.03 Å². The lowest BCUT2D eigenvalue weighted by molar-refractivity contribution is -0.120. The molecular weight excluding hydrogens is 843 g/mol. The molecule has 10 rings (SSSR count). The molecule has 18 heteroatoms. The Morgan fingerprint density at radius 3 is 2.48 bits per heavy atom. The summed E-state index contributed by atoms with van der Waals surface area (Å²) in [6, 6.07) is 13.1. The maximum Gasteiger partial charge on any atom is 0.329 e. The number of halogens is 2. The van der Waals surface area contributed by atoms with Crippen LogP contribution in [0.15, 0.2) is 48.7 Å². The van der Waals surface area contributed by atoms with Gasteiger partial charge in [-0.05, 0) is 124 Å². The van der Waals surface area contributed by atoms with Crippen LogP contribution in [0.1, 0.15) is 92.9 Å². The molecule has 0 bridgehead atoms. The van der Waals surface area contributed by atoms with Crippen LogP contribution in [-0.2, 0) is 27.8 Å². The van der Waals surface area contributed by atoms with Crippen LogP contribution >= 0.6 is 0 Å². The number of fused-ring (bicyclic) bond motifs is 2. The summed E-state index contributed by atoms with van der Waals surface area (Å²) in [6.07, 6.45) is 10.9. The number of aromatic nitrogens is 4. The number of aryl methyl sites for hydroxylation is 1. The van der Waals surface area contributed by atoms with Crippen LogP contribution in [-0.4, -0.2) is 97.1 Å². The number of nitrogens with one attached hydrogen (secondary N) is 2. The third-order valence-electron chi connectivity index (χ3n) is 14.4. The highest BCUT2D eigenvalue weighted by atomic mass is 32.2. The molecule has 2 N–H and O–H groups in total. The molecule has 2 atom stereocenters. The normalized spacial score (nSPS) is 23.6. The zero-order valence-corrected chi connectivity index (χ0v) is 36.6. The van der Waals surface area contributed by atoms with Crippen molar-refractivity contribution in [2.45, 2.75) is 88.2 Å². The van der Waals surface area contributed by atoms with Gasteiger partial charge in [0, 0.05) is 69.8 Å². The Hall–Kier alpha value is -5.61. The first-order chi connectivity index (χ1) is 31.0. The fourth-order valence-electron chi connectivity index (χ4n) is 10.7. The third-order valence-corrected chi connectivity index (χ3v) is 15.6. The number of imide groups is 1. The maximum absolute atomic E-state index is 15.8. The smallest absolute Gasteiger partial charge is 0.329 e. The number of carbonyl (C=O) groups excluding carboxylic acids is 2. The largest absolute Gasteiger partial charge is 0.453 e. The second-order valence-corrected chi connectivity index (χ2v) is 19.3. The van der Waals surface area contributed by atoms with E-state index < -0.39 is 23.0 Å². The number of anilines is 2. The van der Waals surface area contributed by atoms with Crippen LogP contribution in [0, 0.1) is 28.4 Å². The van der Waals surface area contributed by atoms with Gasteiger partial charge in [-0.1, -0.05) is 0 Å². The monoisotopic (exact) mass is 892 g/mol. The SMILES string of the molecule is COC1CCN(S(=O)Nc2ccc(F)c(Oc3ccc4ncc(C5CC6(CCN(C7CCC(c8cc9c(cc8F)c(N8CCC(=O)NC8=O)nn9C)CC7)CC6)C5)nc4c3)c2C#N)C1. The average Bonchev–Trinajstić information content (AvgIpc) is 3.90. The Bertz CT molecular complexity index is 2720. The molecule has 5 heterocycles. The van der Waals surface area contributed by atoms with Gasteiger partial charge in [-0.25, -0.2) is 27.1 Å². The first-order valence-corrected chi connectivity index (χ1v) is 23.2. The summed E-state index contributed by atoms with van der Waals surface area (Å²) < 4.78 is 61.7. The Labute approximate surface area is 371 Å². The summed E-state index contributed by atoms with van der Waals surface area (Å²) in [5.41, 5.74) is 4.07. The molecule has 5 fully saturated rings. The van der Waals surface area contributed by atoms with E-state index >= 15 is 8.78 Å². The zero-order chi connectivity index (χ0) is 44.3. The minimum atomic E-state index is -1.66. The number of urea groups is 1. The van der Waals surface area contributed by atoms with E-state index in [9.17, 15) is 19.1 Å². The van der Waals surface area contributed by atoms with Crippen LogP contribution in [0.25, 0.3) is 21.9 Å². The van der Waals surface area contributed by atoms with Crippen molar-refractivity contribution in [3.63, 3.8) is 0 Å². The van der Waals surface area contributed by atoms with Gasteiger partial charge in [-0.3, -0.25) is 29.4 Å². The van der Waals surface area contributed by atoms with Crippen molar-refractivity contribution in [1.29, 1.82) is 5.26 Å². The van der Waals surface area contributed by atoms with Gasteiger partial charge in [0.1, 0.15) is 23.2 Å². The van der Waals surface area contributed by atoms with Crippen molar-refractivity contribution in [2.75, 3.05) is 49.5 Å². The van der Waals surface area contributed by atoms with Gasteiger partial charge in [0.05, 0.1) is 34.0 Å². The van der Waals surface area contributed by atoms with Crippen molar-refractivity contribution >= 4 is 56.6 Å². The maximum atomic E-state index is 15.8. The van der Waals surface area contributed by atoms with Crippen molar-refractivity contribution < 1.29 is 32.1 Å². The van der Waals surface area contributed by atoms with Crippen LogP contribution in [0.3, 0.4) is 0 Å². The summed E-state index contributed by atoms with van der Waals surface area (Å²) in [7, 11) is 3.41. The zero-order valence-electron chi connectivity index (χ0n) is 35.8. The first kappa shape index (κ1) is 42.3. The number of piperidine rings is 1. The number of likely N-dealkylation sites (tertiary alicyclic amines) is 1. The number of ether oxygens (including phenoxy) is 2. The van der Waals surface area contributed by atoms with Crippen molar-refractivity contribution in [3.05, 3.63) is 77.1 Å². The van der Waals surface area contributed by atoms with Crippen LogP contribution in [0.5, 0.6) is 11.5 Å². The van der Waals surface area contributed by atoms with E-state index in [0.717, 1.165) is 82.1 Å². The highest BCUT2D eigenvalue weighted by Gasteiger charge is 2.48. The molecule has 2 saturated carbocycles. The minimum Gasteiger partial charge on any atom is -0.453 e. The Balaban J connectivity index is 0.741. The molecule has 3 aliphatic heterocycles. The molecular formula is C46H50F2N10O5S. The number of methoxy groups -OCH3 is 1. The highest BCUT2D eigenvalue weighted by Crippen LogP contribution is 2.57. The van der Waals surface area contributed by atoms with Crippen LogP contribution in [0.4, 0.5) is 25.1 Å². The van der Waals surface area contributed by atoms with Crippen molar-refractivity contribution in [1.82, 2.24) is 34.3 Å². The van der Waals surface area contributed by atoms with E-state index in [1.54, 1.807) is 41.3 Å². The summed E-state index contributed by atoms with van der Waals surface area (Å²) in [4.78, 5) is 38.0. The van der Waals surface area contributed by atoms with Gasteiger partial charge in [-0.2, -0.15) is 10.4 Å². The summed E-state index contributed by atoms with van der Waals surface area (Å²) in [5, 5.41) is 17.5. The second kappa shape index (κ2) is 17.1. The standard InChI is InChI=1S/C46H50F2N10O5S/c1-55-41-21-32(36(48)20-33(41)44(53-55)58-16-12-42(59)52-45(58)60)27-3-5-29(6-4-27)56-17-13-46(14-18-56)22-28(23-46)40-25-50-38-9-7-30(19-39(38)51-40)63-43-34(24-49)37(10-8-35(43)47)54-64(61)57-15-11-31(26-57)62-2/h7-10,19-21,25,27-29,31,54H,3-6,11-18,22-23,26H2,1-2H3,(H,52,59,60). The molecule has 5 aliphatic rings. The predicted octanol–water partition coefficient (Wildman–Crippen LogP) is 7.30. The fourth-order valence-corrected chi connectivity index (χ4v) is 11.8. The number of carbonyl (C=O) groups is 2. The van der Waals surface area contributed by atoms with E-state index in [1.807, 2.05) is 18.3 Å². The van der Waals surface area contributed by atoms with Gasteiger partial charge in [-0.15, -0.1) is 0 Å². The molecule has 2 aliphatic carbocycles. The molecule has 334 valence electrons. The molecule has 15 nitrogen and oxygen atoms in total. The Morgan fingerprint density at radius 1 is 0.953 bits per heavy atom. The molecule has 2 aromatic heterocycles. The quantitative estimate of drug-likeness (QED) is 0.145. The van der Waals surface area contributed by atoms with Crippen molar-refractivity contribution in [3.8, 4) is 17.6 Å². The van der Waals surface area contributed by atoms with E-state index in [0.29, 0.717) is 52.7 Å². The van der Waals surface area contributed by atoms with Crippen LogP contribution < -0.4 is 19.7 Å². The summed E-state index contributed by atoms with van der Waals surface area (Å²) >= 11 is -1.66. The molecule has 64 heavy (non-hydrogen) atoms. The van der Waals surface area contributed by atoms with Crippen LogP contribution in [0.2, 0.25) is 0 Å². The molecule has 3 saturated heterocycles. The minimum absolute atomic E-state index is 0.0259. The van der Waals surface area contributed by atoms with Gasteiger partial charge in [0.2, 0.25) is 5.91 Å². The topological polar surface area (TPSA) is 171 Å². The van der Waals surface area contributed by atoms with Gasteiger partial charge in [0.15, 0.2) is 28.6 Å². The highest BCUT2D eigenvalue weighted by molar-refractivity contribution is 7.84. The molecule has 3 amide bonds. The Morgan fingerprint density at radius 2 is 1.75 bits per heavy atom. The molecule has 2 unspecified atom stereocenters. The molecule has 1 spiro atoms. The van der Waals surface area contributed by atoms with E-state index in [4.69, 9.17) is 19.4 Å². The molecule has 0 radical (unpaired) electrons. The third kappa shape index (κ3) is 7.96. The lowest BCUT2D eigenvalue weighted by atomic mass is 9.56. The van der Waals surface area contributed by atoms with E-state index in [1.165, 1.54) is 23.1 Å². The number of hydrogen-bond acceptors (Lipinski definition) is 10. The van der Waals surface area contributed by atoms with E-state index in [-0.39, 0.29) is 65.0 Å². The summed E-state index contributed by atoms with van der Waals surface area (Å²) in [5.74, 6) is -0.525. The summed E-state index contributed by atoms with van der Waals surface area (Å²) in [6.45, 7) is 3.32. The van der Waals surface area contributed by atoms with E-state index in [2.05, 4.69) is 20.0 Å².